The molecule has 1 aliphatic heterocycles. The van der Waals surface area contributed by atoms with E-state index in [4.69, 9.17) is 0 Å². The van der Waals surface area contributed by atoms with Crippen LogP contribution in [0.25, 0.3) is 0 Å². The molecule has 0 radical (unpaired) electrons. The Labute approximate surface area is 168 Å². The van der Waals surface area contributed by atoms with Gasteiger partial charge in [-0.25, -0.2) is 0 Å². The van der Waals surface area contributed by atoms with E-state index in [2.05, 4.69) is 53.7 Å². The third-order valence-corrected chi connectivity index (χ3v) is 4.30. The topological polar surface area (TPSA) is 56.7 Å². The molecule has 1 atom stereocenters. The standard InChI is InChI=1S/C19H30N4O.HI/c1-3-20-19(21-12-8-14-23-13-7-11-18(23)24)22-15-16(2)17-9-5-4-6-10-17;/h4-6,9-10,16H,3,7-8,11-15H2,1-2H3,(H2,20,21,22);1H. The van der Waals surface area contributed by atoms with Crippen LogP contribution in [-0.4, -0.2) is 49.5 Å². The second kappa shape index (κ2) is 12.1. The average Bonchev–Trinajstić information content (AvgIpc) is 3.02. The van der Waals surface area contributed by atoms with E-state index in [1.54, 1.807) is 0 Å². The van der Waals surface area contributed by atoms with Gasteiger partial charge in [0.2, 0.25) is 5.91 Å². The van der Waals surface area contributed by atoms with Gasteiger partial charge in [0, 0.05) is 45.1 Å². The zero-order valence-electron chi connectivity index (χ0n) is 15.3. The van der Waals surface area contributed by atoms with Crippen LogP contribution in [0, 0.1) is 0 Å². The molecule has 1 heterocycles. The first kappa shape index (κ1) is 21.7. The highest BCUT2D eigenvalue weighted by atomic mass is 127. The van der Waals surface area contributed by atoms with Crippen molar-refractivity contribution in [2.75, 3.05) is 32.7 Å². The molecule has 0 aromatic heterocycles. The molecule has 1 unspecified atom stereocenters. The van der Waals surface area contributed by atoms with Gasteiger partial charge < -0.3 is 15.5 Å². The van der Waals surface area contributed by atoms with E-state index in [-0.39, 0.29) is 24.0 Å². The number of amides is 1. The van der Waals surface area contributed by atoms with E-state index in [1.807, 2.05) is 11.0 Å². The van der Waals surface area contributed by atoms with Gasteiger partial charge in [0.15, 0.2) is 5.96 Å². The molecule has 5 nitrogen and oxygen atoms in total. The van der Waals surface area contributed by atoms with Crippen molar-refractivity contribution >= 4 is 35.8 Å². The predicted molar refractivity (Wildman–Crippen MR) is 115 cm³/mol. The number of likely N-dealkylation sites (tertiary alicyclic amines) is 1. The third-order valence-electron chi connectivity index (χ3n) is 4.30. The van der Waals surface area contributed by atoms with Crippen molar-refractivity contribution in [3.05, 3.63) is 35.9 Å². The van der Waals surface area contributed by atoms with Crippen LogP contribution in [0.4, 0.5) is 0 Å². The first-order valence-corrected chi connectivity index (χ1v) is 9.05. The van der Waals surface area contributed by atoms with Crippen LogP contribution in [-0.2, 0) is 4.79 Å². The van der Waals surface area contributed by atoms with Crippen LogP contribution in [0.15, 0.2) is 35.3 Å². The molecule has 0 saturated carbocycles. The minimum absolute atomic E-state index is 0. The Morgan fingerprint density at radius 2 is 2.04 bits per heavy atom. The second-order valence-electron chi connectivity index (χ2n) is 6.30. The summed E-state index contributed by atoms with van der Waals surface area (Å²) in [6, 6.07) is 10.5. The van der Waals surface area contributed by atoms with Crippen molar-refractivity contribution in [1.82, 2.24) is 15.5 Å². The van der Waals surface area contributed by atoms with E-state index in [0.29, 0.717) is 11.8 Å². The number of hydrogen-bond donors (Lipinski definition) is 2. The molecular formula is C19H31IN4O. The molecular weight excluding hydrogens is 427 g/mol. The maximum atomic E-state index is 11.6. The van der Waals surface area contributed by atoms with Crippen LogP contribution in [0.3, 0.4) is 0 Å². The minimum atomic E-state index is 0. The Kier molecular flexibility index (Phi) is 10.5. The highest BCUT2D eigenvalue weighted by molar-refractivity contribution is 14.0. The summed E-state index contributed by atoms with van der Waals surface area (Å²) in [5.74, 6) is 1.55. The lowest BCUT2D eigenvalue weighted by atomic mass is 10.0. The van der Waals surface area contributed by atoms with E-state index < -0.39 is 0 Å². The molecule has 1 aromatic rings. The highest BCUT2D eigenvalue weighted by Crippen LogP contribution is 2.14. The van der Waals surface area contributed by atoms with Gasteiger partial charge in [-0.1, -0.05) is 37.3 Å². The molecule has 1 aliphatic rings. The van der Waals surface area contributed by atoms with Crippen LogP contribution in [0.5, 0.6) is 0 Å². The van der Waals surface area contributed by atoms with Gasteiger partial charge in [-0.2, -0.15) is 0 Å². The maximum Gasteiger partial charge on any atom is 0.222 e. The fourth-order valence-electron chi connectivity index (χ4n) is 2.87. The van der Waals surface area contributed by atoms with Gasteiger partial charge in [0.1, 0.15) is 0 Å². The fourth-order valence-corrected chi connectivity index (χ4v) is 2.87. The summed E-state index contributed by atoms with van der Waals surface area (Å²) in [6.07, 6.45) is 2.67. The molecule has 0 aliphatic carbocycles. The lowest BCUT2D eigenvalue weighted by Gasteiger charge is -2.17. The molecule has 140 valence electrons. The van der Waals surface area contributed by atoms with Crippen molar-refractivity contribution in [2.45, 2.75) is 39.0 Å². The number of carbonyl (C=O) groups is 1. The van der Waals surface area contributed by atoms with Crippen LogP contribution in [0.2, 0.25) is 0 Å². The predicted octanol–water partition coefficient (Wildman–Crippen LogP) is 2.98. The number of aliphatic imine (C=N–C) groups is 1. The lowest BCUT2D eigenvalue weighted by molar-refractivity contribution is -0.127. The number of benzene rings is 1. The smallest absolute Gasteiger partial charge is 0.222 e. The van der Waals surface area contributed by atoms with Gasteiger partial charge in [-0.3, -0.25) is 9.79 Å². The van der Waals surface area contributed by atoms with Crippen LogP contribution >= 0.6 is 24.0 Å². The largest absolute Gasteiger partial charge is 0.357 e. The van der Waals surface area contributed by atoms with Crippen LogP contribution in [0.1, 0.15) is 44.6 Å². The molecule has 2 rings (SSSR count). The highest BCUT2D eigenvalue weighted by Gasteiger charge is 2.18. The number of guanidine groups is 1. The van der Waals surface area contributed by atoms with Crippen molar-refractivity contribution in [2.24, 2.45) is 4.99 Å². The molecule has 1 amide bonds. The normalized spacial score (nSPS) is 15.7. The van der Waals surface area contributed by atoms with Crippen molar-refractivity contribution in [3.63, 3.8) is 0 Å². The SMILES string of the molecule is CCNC(=NCC(C)c1ccccc1)NCCCN1CCCC1=O.I. The second-order valence-corrected chi connectivity index (χ2v) is 6.30. The molecule has 6 heteroatoms. The number of hydrogen-bond acceptors (Lipinski definition) is 2. The minimum Gasteiger partial charge on any atom is -0.357 e. The van der Waals surface area contributed by atoms with Gasteiger partial charge in [0.05, 0.1) is 0 Å². The molecule has 1 fully saturated rings. The first-order chi connectivity index (χ1) is 11.7. The number of halogens is 1. The quantitative estimate of drug-likeness (QED) is 0.273. The molecule has 0 spiro atoms. The van der Waals surface area contributed by atoms with E-state index in [9.17, 15) is 4.79 Å². The summed E-state index contributed by atoms with van der Waals surface area (Å²) in [5, 5.41) is 6.65. The van der Waals surface area contributed by atoms with Gasteiger partial charge in [0.25, 0.3) is 0 Å². The van der Waals surface area contributed by atoms with Gasteiger partial charge in [-0.05, 0) is 25.3 Å². The molecule has 0 bridgehead atoms. The molecule has 1 aromatic carbocycles. The maximum absolute atomic E-state index is 11.6. The van der Waals surface area contributed by atoms with Crippen LogP contribution < -0.4 is 10.6 Å². The number of nitrogens with one attached hydrogen (secondary N) is 2. The zero-order chi connectivity index (χ0) is 17.2. The van der Waals surface area contributed by atoms with Crippen molar-refractivity contribution < 1.29 is 4.79 Å². The Balaban J connectivity index is 0.00000312. The van der Waals surface area contributed by atoms with Gasteiger partial charge >= 0.3 is 0 Å². The molecule has 1 saturated heterocycles. The third kappa shape index (κ3) is 7.63. The summed E-state index contributed by atoms with van der Waals surface area (Å²) < 4.78 is 0. The number of nitrogens with zero attached hydrogens (tertiary/aromatic N) is 2. The monoisotopic (exact) mass is 458 g/mol. The van der Waals surface area contributed by atoms with E-state index in [0.717, 1.165) is 57.9 Å². The van der Waals surface area contributed by atoms with Crippen molar-refractivity contribution in [1.29, 1.82) is 0 Å². The summed E-state index contributed by atoms with van der Waals surface area (Å²) in [4.78, 5) is 18.2. The Bertz CT molecular complexity index is 535. The summed E-state index contributed by atoms with van der Waals surface area (Å²) >= 11 is 0. The average molecular weight is 458 g/mol. The summed E-state index contributed by atoms with van der Waals surface area (Å²) in [6.45, 7) is 8.45. The first-order valence-electron chi connectivity index (χ1n) is 9.05. The Hall–Kier alpha value is -1.31. The zero-order valence-corrected chi connectivity index (χ0v) is 17.7. The number of carbonyl (C=O) groups excluding carboxylic acids is 1. The van der Waals surface area contributed by atoms with Gasteiger partial charge in [-0.15, -0.1) is 24.0 Å². The lowest BCUT2D eigenvalue weighted by Crippen LogP contribution is -2.39. The Morgan fingerprint density at radius 1 is 1.28 bits per heavy atom. The van der Waals surface area contributed by atoms with Crippen molar-refractivity contribution in [3.8, 4) is 0 Å². The molecule has 2 N–H and O–H groups in total. The fraction of sp³-hybridized carbons (Fsp3) is 0.579. The van der Waals surface area contributed by atoms with E-state index >= 15 is 0 Å². The Morgan fingerprint density at radius 3 is 2.68 bits per heavy atom. The summed E-state index contributed by atoms with van der Waals surface area (Å²) in [7, 11) is 0. The molecule has 25 heavy (non-hydrogen) atoms. The summed E-state index contributed by atoms with van der Waals surface area (Å²) in [5.41, 5.74) is 1.31. The number of rotatable bonds is 8. The van der Waals surface area contributed by atoms with E-state index in [1.165, 1.54) is 5.56 Å².